The standard InChI is InChI=1S/C30H25N3O3/c1-20-31-25-19-32(30(35)27-18-23-14-8-9-15-26(23)36-27)17-16-24(25)29(34)33(20)28(21-10-4-2-5-11-21)22-12-6-3-7-13-22/h2-15,18,28H,16-17,19H2,1H3. The van der Waals surface area contributed by atoms with Crippen molar-refractivity contribution in [3.63, 3.8) is 0 Å². The van der Waals surface area contributed by atoms with Gasteiger partial charge in [0.25, 0.3) is 11.5 Å². The maximum atomic E-state index is 13.9. The molecule has 2 aromatic heterocycles. The minimum absolute atomic E-state index is 0.0500. The van der Waals surface area contributed by atoms with Gasteiger partial charge in [-0.15, -0.1) is 0 Å². The van der Waals surface area contributed by atoms with Gasteiger partial charge in [-0.3, -0.25) is 14.2 Å². The van der Waals surface area contributed by atoms with Gasteiger partial charge < -0.3 is 9.32 Å². The van der Waals surface area contributed by atoms with Crippen LogP contribution in [-0.2, 0) is 13.0 Å². The van der Waals surface area contributed by atoms with Crippen molar-refractivity contribution in [3.8, 4) is 0 Å². The van der Waals surface area contributed by atoms with E-state index in [0.717, 1.165) is 16.5 Å². The zero-order chi connectivity index (χ0) is 24.6. The van der Waals surface area contributed by atoms with Crippen molar-refractivity contribution in [2.24, 2.45) is 0 Å². The fourth-order valence-electron chi connectivity index (χ4n) is 5.10. The Morgan fingerprint density at radius 3 is 2.22 bits per heavy atom. The van der Waals surface area contributed by atoms with Gasteiger partial charge in [-0.2, -0.15) is 0 Å². The lowest BCUT2D eigenvalue weighted by Gasteiger charge is -2.30. The molecule has 6 heteroatoms. The van der Waals surface area contributed by atoms with Crippen LogP contribution in [0.1, 0.15) is 44.8 Å². The van der Waals surface area contributed by atoms with E-state index in [4.69, 9.17) is 9.40 Å². The summed E-state index contributed by atoms with van der Waals surface area (Å²) in [5.74, 6) is 0.736. The quantitative estimate of drug-likeness (QED) is 0.361. The fraction of sp³-hybridized carbons (Fsp3) is 0.167. The summed E-state index contributed by atoms with van der Waals surface area (Å²) in [6, 6.07) is 29.1. The summed E-state index contributed by atoms with van der Waals surface area (Å²) in [5.41, 5.74) is 4.01. The van der Waals surface area contributed by atoms with Crippen LogP contribution in [0.3, 0.4) is 0 Å². The van der Waals surface area contributed by atoms with Crippen molar-refractivity contribution in [1.29, 1.82) is 0 Å². The molecule has 0 atom stereocenters. The lowest BCUT2D eigenvalue weighted by atomic mass is 9.97. The van der Waals surface area contributed by atoms with E-state index in [1.165, 1.54) is 0 Å². The fourth-order valence-corrected chi connectivity index (χ4v) is 5.10. The van der Waals surface area contributed by atoms with Crippen LogP contribution in [0.2, 0.25) is 0 Å². The lowest BCUT2D eigenvalue weighted by molar-refractivity contribution is 0.0701. The molecular formula is C30H25N3O3. The first kappa shape index (κ1) is 22.0. The third kappa shape index (κ3) is 3.81. The molecule has 0 N–H and O–H groups in total. The van der Waals surface area contributed by atoms with Crippen molar-refractivity contribution < 1.29 is 9.21 Å². The molecule has 0 aliphatic carbocycles. The molecular weight excluding hydrogens is 450 g/mol. The van der Waals surface area contributed by atoms with Crippen molar-refractivity contribution in [3.05, 3.63) is 135 Å². The number of furan rings is 1. The zero-order valence-corrected chi connectivity index (χ0v) is 19.9. The van der Waals surface area contributed by atoms with E-state index in [2.05, 4.69) is 0 Å². The minimum atomic E-state index is -0.284. The van der Waals surface area contributed by atoms with Crippen molar-refractivity contribution in [2.75, 3.05) is 6.54 Å². The Morgan fingerprint density at radius 2 is 1.56 bits per heavy atom. The molecule has 1 aliphatic rings. The predicted molar refractivity (Wildman–Crippen MR) is 138 cm³/mol. The Labute approximate surface area is 208 Å². The molecule has 3 heterocycles. The number of amides is 1. The van der Waals surface area contributed by atoms with Gasteiger partial charge in [0, 0.05) is 17.5 Å². The molecule has 0 saturated carbocycles. The summed E-state index contributed by atoms with van der Waals surface area (Å²) in [4.78, 5) is 33.7. The molecule has 36 heavy (non-hydrogen) atoms. The van der Waals surface area contributed by atoms with Crippen LogP contribution < -0.4 is 5.56 Å². The van der Waals surface area contributed by atoms with Gasteiger partial charge in [0.2, 0.25) is 0 Å². The van der Waals surface area contributed by atoms with Crippen LogP contribution in [0.15, 0.2) is 100 Å². The van der Waals surface area contributed by atoms with Crippen LogP contribution in [-0.4, -0.2) is 26.9 Å². The van der Waals surface area contributed by atoms with Gasteiger partial charge in [-0.05, 0) is 36.6 Å². The number of para-hydroxylation sites is 1. The van der Waals surface area contributed by atoms with Crippen molar-refractivity contribution in [2.45, 2.75) is 25.9 Å². The number of hydrogen-bond acceptors (Lipinski definition) is 4. The Hall–Kier alpha value is -4.45. The highest BCUT2D eigenvalue weighted by molar-refractivity contribution is 5.96. The number of benzene rings is 3. The van der Waals surface area contributed by atoms with E-state index < -0.39 is 0 Å². The second-order valence-corrected chi connectivity index (χ2v) is 9.11. The highest BCUT2D eigenvalue weighted by Gasteiger charge is 2.30. The summed E-state index contributed by atoms with van der Waals surface area (Å²) >= 11 is 0. The number of aromatic nitrogens is 2. The number of carbonyl (C=O) groups excluding carboxylic acids is 1. The van der Waals surface area contributed by atoms with Crippen LogP contribution in [0.25, 0.3) is 11.0 Å². The third-order valence-electron chi connectivity index (χ3n) is 6.86. The lowest BCUT2D eigenvalue weighted by Crippen LogP contribution is -2.42. The van der Waals surface area contributed by atoms with E-state index in [1.807, 2.05) is 91.9 Å². The molecule has 178 valence electrons. The molecule has 3 aromatic carbocycles. The number of hydrogen-bond donors (Lipinski definition) is 0. The monoisotopic (exact) mass is 475 g/mol. The smallest absolute Gasteiger partial charge is 0.289 e. The minimum Gasteiger partial charge on any atom is -0.451 e. The summed E-state index contributed by atoms with van der Waals surface area (Å²) in [6.07, 6.45) is 0.448. The molecule has 5 aromatic rings. The van der Waals surface area contributed by atoms with E-state index in [0.29, 0.717) is 41.4 Å². The summed E-state index contributed by atoms with van der Waals surface area (Å²) in [6.45, 7) is 2.58. The Bertz CT molecular complexity index is 1550. The first-order valence-corrected chi connectivity index (χ1v) is 12.1. The molecule has 0 radical (unpaired) electrons. The van der Waals surface area contributed by atoms with Gasteiger partial charge in [-0.1, -0.05) is 78.9 Å². The number of aryl methyl sites for hydroxylation is 1. The Kier molecular flexibility index (Phi) is 5.49. The first-order chi connectivity index (χ1) is 17.6. The van der Waals surface area contributed by atoms with E-state index >= 15 is 0 Å². The number of fused-ring (bicyclic) bond motifs is 2. The largest absolute Gasteiger partial charge is 0.451 e. The summed E-state index contributed by atoms with van der Waals surface area (Å²) in [5, 5.41) is 0.892. The summed E-state index contributed by atoms with van der Waals surface area (Å²) in [7, 11) is 0. The molecule has 0 unspecified atom stereocenters. The predicted octanol–water partition coefficient (Wildman–Crippen LogP) is 5.13. The van der Waals surface area contributed by atoms with Gasteiger partial charge in [0.05, 0.1) is 18.3 Å². The van der Waals surface area contributed by atoms with E-state index in [1.54, 1.807) is 15.5 Å². The average molecular weight is 476 g/mol. The van der Waals surface area contributed by atoms with Gasteiger partial charge in [0.1, 0.15) is 11.4 Å². The van der Waals surface area contributed by atoms with Gasteiger partial charge in [-0.25, -0.2) is 4.98 Å². The van der Waals surface area contributed by atoms with Crippen LogP contribution in [0.5, 0.6) is 0 Å². The highest BCUT2D eigenvalue weighted by Crippen LogP contribution is 2.28. The molecule has 0 saturated heterocycles. The summed E-state index contributed by atoms with van der Waals surface area (Å²) < 4.78 is 7.58. The molecule has 6 rings (SSSR count). The topological polar surface area (TPSA) is 68.3 Å². The number of carbonyl (C=O) groups is 1. The van der Waals surface area contributed by atoms with Crippen LogP contribution in [0.4, 0.5) is 0 Å². The molecule has 0 fully saturated rings. The second-order valence-electron chi connectivity index (χ2n) is 9.11. The SMILES string of the molecule is Cc1nc2c(c(=O)n1C(c1ccccc1)c1ccccc1)CCN(C(=O)c1cc3ccccc3o1)C2. The first-order valence-electron chi connectivity index (χ1n) is 12.1. The van der Waals surface area contributed by atoms with Crippen LogP contribution in [0, 0.1) is 6.92 Å². The maximum absolute atomic E-state index is 13.9. The molecule has 0 spiro atoms. The zero-order valence-electron chi connectivity index (χ0n) is 19.9. The normalized spacial score (nSPS) is 13.2. The molecule has 1 aliphatic heterocycles. The maximum Gasteiger partial charge on any atom is 0.289 e. The Balaban J connectivity index is 1.37. The number of rotatable bonds is 4. The third-order valence-corrected chi connectivity index (χ3v) is 6.86. The van der Waals surface area contributed by atoms with Crippen molar-refractivity contribution in [1.82, 2.24) is 14.5 Å². The second kappa shape index (κ2) is 8.96. The molecule has 0 bridgehead atoms. The van der Waals surface area contributed by atoms with Crippen LogP contribution >= 0.6 is 0 Å². The number of nitrogens with zero attached hydrogens (tertiary/aromatic N) is 3. The average Bonchev–Trinajstić information content (AvgIpc) is 3.36. The molecule has 1 amide bonds. The molecule has 6 nitrogen and oxygen atoms in total. The highest BCUT2D eigenvalue weighted by atomic mass is 16.3. The van der Waals surface area contributed by atoms with Gasteiger partial charge in [0.15, 0.2) is 5.76 Å². The van der Waals surface area contributed by atoms with Crippen molar-refractivity contribution >= 4 is 16.9 Å². The van der Waals surface area contributed by atoms with E-state index in [-0.39, 0.29) is 24.1 Å². The Morgan fingerprint density at radius 1 is 0.917 bits per heavy atom. The van der Waals surface area contributed by atoms with E-state index in [9.17, 15) is 9.59 Å². The van der Waals surface area contributed by atoms with Gasteiger partial charge >= 0.3 is 0 Å².